The van der Waals surface area contributed by atoms with Crippen molar-refractivity contribution in [3.05, 3.63) is 58.2 Å². The summed E-state index contributed by atoms with van der Waals surface area (Å²) >= 11 is 0. The molecule has 0 N–H and O–H groups in total. The van der Waals surface area contributed by atoms with E-state index in [1.54, 1.807) is 0 Å². The molecule has 6 heteroatoms. The van der Waals surface area contributed by atoms with Crippen molar-refractivity contribution >= 4 is 0 Å². The van der Waals surface area contributed by atoms with Crippen LogP contribution in [0.5, 0.6) is 0 Å². The maximum Gasteiger partial charge on any atom is 0.167 e. The molecule has 1 aliphatic carbocycles. The molecule has 2 aromatic rings. The lowest BCUT2D eigenvalue weighted by Gasteiger charge is -2.27. The summed E-state index contributed by atoms with van der Waals surface area (Å²) in [4.78, 5) is 0. The second kappa shape index (κ2) is 15.0. The molecule has 0 heterocycles. The predicted octanol–water partition coefficient (Wildman–Crippen LogP) is 9.85. The van der Waals surface area contributed by atoms with Gasteiger partial charge in [-0.15, -0.1) is 0 Å². The van der Waals surface area contributed by atoms with E-state index >= 15 is 13.2 Å². The number of hydrogen-bond acceptors (Lipinski definition) is 1. The molecule has 0 fully saturated rings. The van der Waals surface area contributed by atoms with Gasteiger partial charge in [0, 0.05) is 17.5 Å². The molecule has 1 aliphatic rings. The maximum absolute atomic E-state index is 15.1. The van der Waals surface area contributed by atoms with Crippen LogP contribution in [0, 0.1) is 29.2 Å². The van der Waals surface area contributed by atoms with Crippen molar-refractivity contribution in [3.63, 3.8) is 0 Å². The normalized spacial score (nSPS) is 16.9. The monoisotopic (exact) mass is 538 g/mol. The summed E-state index contributed by atoms with van der Waals surface area (Å²) in [7, 11) is 0. The minimum absolute atomic E-state index is 0.0528. The summed E-state index contributed by atoms with van der Waals surface area (Å²) in [5.74, 6) is -3.79. The summed E-state index contributed by atoms with van der Waals surface area (Å²) in [6.45, 7) is 6.35. The molecule has 0 spiro atoms. The van der Waals surface area contributed by atoms with Crippen LogP contribution in [0.4, 0.5) is 22.0 Å². The van der Waals surface area contributed by atoms with Crippen molar-refractivity contribution in [2.75, 3.05) is 6.61 Å². The molecule has 0 aromatic heterocycles. The van der Waals surface area contributed by atoms with Crippen LogP contribution in [0.1, 0.15) is 102 Å². The summed E-state index contributed by atoms with van der Waals surface area (Å²) in [6, 6.07) is 4.26. The topological polar surface area (TPSA) is 9.23 Å². The van der Waals surface area contributed by atoms with Crippen LogP contribution in [0.15, 0.2) is 18.2 Å². The van der Waals surface area contributed by atoms with Gasteiger partial charge in [0.05, 0.1) is 12.7 Å². The van der Waals surface area contributed by atoms with E-state index in [0.717, 1.165) is 51.4 Å². The van der Waals surface area contributed by atoms with E-state index in [0.29, 0.717) is 37.2 Å². The highest BCUT2D eigenvalue weighted by molar-refractivity contribution is 5.67. The molecule has 0 aliphatic heterocycles. The quantitative estimate of drug-likeness (QED) is 0.162. The second-order valence-corrected chi connectivity index (χ2v) is 11.0. The Balaban J connectivity index is 1.66. The highest BCUT2D eigenvalue weighted by Gasteiger charge is 2.28. The van der Waals surface area contributed by atoms with E-state index in [1.165, 1.54) is 18.2 Å². The van der Waals surface area contributed by atoms with Crippen LogP contribution in [-0.2, 0) is 24.0 Å². The van der Waals surface area contributed by atoms with Crippen LogP contribution in [0.2, 0.25) is 0 Å². The molecule has 0 saturated carbocycles. The first kappa shape index (κ1) is 30.6. The van der Waals surface area contributed by atoms with Crippen molar-refractivity contribution in [2.24, 2.45) is 5.92 Å². The lowest BCUT2D eigenvalue weighted by molar-refractivity contribution is 0.00865. The second-order valence-electron chi connectivity index (χ2n) is 11.0. The van der Waals surface area contributed by atoms with Gasteiger partial charge in [0.1, 0.15) is 6.17 Å². The lowest BCUT2D eigenvalue weighted by Crippen LogP contribution is -2.27. The van der Waals surface area contributed by atoms with Gasteiger partial charge in [-0.1, -0.05) is 77.8 Å². The zero-order valence-corrected chi connectivity index (χ0v) is 23.2. The summed E-state index contributed by atoms with van der Waals surface area (Å²) < 4.78 is 80.0. The molecule has 3 unspecified atom stereocenters. The molecular weight excluding hydrogens is 495 g/mol. The van der Waals surface area contributed by atoms with Gasteiger partial charge in [-0.25, -0.2) is 22.0 Å². The molecule has 0 radical (unpaired) electrons. The van der Waals surface area contributed by atoms with Gasteiger partial charge in [0.2, 0.25) is 0 Å². The smallest absolute Gasteiger partial charge is 0.167 e. The molecule has 0 bridgehead atoms. The van der Waals surface area contributed by atoms with Gasteiger partial charge in [-0.05, 0) is 60.8 Å². The Morgan fingerprint density at radius 1 is 0.868 bits per heavy atom. The van der Waals surface area contributed by atoms with Gasteiger partial charge < -0.3 is 4.74 Å². The van der Waals surface area contributed by atoms with E-state index in [2.05, 4.69) is 20.8 Å². The molecule has 0 amide bonds. The number of aryl methyl sites for hydroxylation is 2. The standard InChI is InChI=1S/C32H43F5O/c1-4-6-7-8-13-24(33)20-38-25-16-14-23-18-28(32(37)31(36)27(23)19-25)26-17-15-22(29(34)30(26)35)12-10-9-11-21(3)5-2/h15,17-18,21,24-25H,4-14,16,19-20H2,1-3H3. The summed E-state index contributed by atoms with van der Waals surface area (Å²) in [6.07, 6.45) is 8.21. The summed E-state index contributed by atoms with van der Waals surface area (Å²) in [5.41, 5.74) is 0.456. The van der Waals surface area contributed by atoms with Crippen molar-refractivity contribution in [1.82, 2.24) is 0 Å². The number of alkyl halides is 1. The average molecular weight is 539 g/mol. The van der Waals surface area contributed by atoms with Gasteiger partial charge in [0.25, 0.3) is 0 Å². The fourth-order valence-electron chi connectivity index (χ4n) is 5.26. The number of fused-ring (bicyclic) bond motifs is 1. The highest BCUT2D eigenvalue weighted by Crippen LogP contribution is 2.36. The SMILES string of the molecule is CCCCCCC(F)COC1CCc2cc(-c3ccc(CCCCC(C)CC)c(F)c3F)c(F)c(F)c2C1. The molecule has 0 saturated heterocycles. The maximum atomic E-state index is 15.1. The van der Waals surface area contributed by atoms with Gasteiger partial charge in [-0.2, -0.15) is 0 Å². The molecule has 38 heavy (non-hydrogen) atoms. The van der Waals surface area contributed by atoms with Crippen molar-refractivity contribution < 1.29 is 26.7 Å². The Morgan fingerprint density at radius 3 is 2.34 bits per heavy atom. The van der Waals surface area contributed by atoms with Gasteiger partial charge >= 0.3 is 0 Å². The molecule has 3 atom stereocenters. The fraction of sp³-hybridized carbons (Fsp3) is 0.625. The summed E-state index contributed by atoms with van der Waals surface area (Å²) in [5, 5.41) is 0. The number of hydrogen-bond donors (Lipinski definition) is 0. The molecule has 212 valence electrons. The minimum Gasteiger partial charge on any atom is -0.375 e. The number of benzene rings is 2. The van der Waals surface area contributed by atoms with Crippen LogP contribution in [0.25, 0.3) is 11.1 Å². The number of halogens is 5. The zero-order chi connectivity index (χ0) is 27.7. The third kappa shape index (κ3) is 8.03. The first-order valence-electron chi connectivity index (χ1n) is 14.5. The Labute approximate surface area is 225 Å². The fourth-order valence-corrected chi connectivity index (χ4v) is 5.26. The number of ether oxygens (including phenoxy) is 1. The number of unbranched alkanes of at least 4 members (excludes halogenated alkanes) is 4. The Hall–Kier alpha value is -1.95. The van der Waals surface area contributed by atoms with Crippen LogP contribution in [0.3, 0.4) is 0 Å². The van der Waals surface area contributed by atoms with Crippen LogP contribution >= 0.6 is 0 Å². The highest BCUT2D eigenvalue weighted by atomic mass is 19.2. The predicted molar refractivity (Wildman–Crippen MR) is 144 cm³/mol. The molecule has 2 aromatic carbocycles. The zero-order valence-electron chi connectivity index (χ0n) is 23.2. The third-order valence-electron chi connectivity index (χ3n) is 7.99. The first-order chi connectivity index (χ1) is 18.3. The van der Waals surface area contributed by atoms with Crippen LogP contribution < -0.4 is 0 Å². The van der Waals surface area contributed by atoms with E-state index in [-0.39, 0.29) is 35.3 Å². The van der Waals surface area contributed by atoms with E-state index in [1.807, 2.05) is 0 Å². The van der Waals surface area contributed by atoms with Crippen LogP contribution in [-0.4, -0.2) is 18.9 Å². The Kier molecular flexibility index (Phi) is 12.1. The third-order valence-corrected chi connectivity index (χ3v) is 7.99. The molecular formula is C32H43F5O. The van der Waals surface area contributed by atoms with Crippen molar-refractivity contribution in [1.29, 1.82) is 0 Å². The average Bonchev–Trinajstić information content (AvgIpc) is 2.92. The van der Waals surface area contributed by atoms with Crippen molar-refractivity contribution in [2.45, 2.75) is 117 Å². The Bertz CT molecular complexity index is 1040. The van der Waals surface area contributed by atoms with E-state index in [9.17, 15) is 8.78 Å². The first-order valence-corrected chi connectivity index (χ1v) is 14.5. The Morgan fingerprint density at radius 2 is 1.61 bits per heavy atom. The van der Waals surface area contributed by atoms with Crippen molar-refractivity contribution in [3.8, 4) is 11.1 Å². The van der Waals surface area contributed by atoms with Gasteiger partial charge in [-0.3, -0.25) is 0 Å². The largest absolute Gasteiger partial charge is 0.375 e. The van der Waals surface area contributed by atoms with Gasteiger partial charge in [0.15, 0.2) is 23.3 Å². The molecule has 1 nitrogen and oxygen atoms in total. The lowest BCUT2D eigenvalue weighted by atomic mass is 9.86. The molecule has 3 rings (SSSR count). The number of rotatable bonds is 15. The minimum atomic E-state index is -1.19. The van der Waals surface area contributed by atoms with E-state index in [4.69, 9.17) is 4.74 Å². The van der Waals surface area contributed by atoms with E-state index < -0.39 is 35.5 Å².